The van der Waals surface area contributed by atoms with Gasteiger partial charge in [0.05, 0.1) is 19.0 Å². The smallest absolute Gasteiger partial charge is 0.390 e. The van der Waals surface area contributed by atoms with E-state index in [1.807, 2.05) is 6.07 Å². The molecule has 0 atom stereocenters. The number of fused-ring (bicyclic) bond motifs is 3. The van der Waals surface area contributed by atoms with Crippen molar-refractivity contribution in [2.75, 3.05) is 25.1 Å². The molecule has 0 saturated carbocycles. The maximum atomic E-state index is 12.7. The molecule has 0 aliphatic carbocycles. The lowest BCUT2D eigenvalue weighted by atomic mass is 10.2. The van der Waals surface area contributed by atoms with E-state index in [9.17, 15) is 18.0 Å². The van der Waals surface area contributed by atoms with Crippen molar-refractivity contribution < 1.29 is 22.7 Å². The van der Waals surface area contributed by atoms with E-state index in [0.717, 1.165) is 0 Å². The van der Waals surface area contributed by atoms with E-state index in [1.54, 1.807) is 25.1 Å². The summed E-state index contributed by atoms with van der Waals surface area (Å²) in [6.07, 6.45) is -5.48. The predicted octanol–water partition coefficient (Wildman–Crippen LogP) is 2.52. The number of hydrogen-bond acceptors (Lipinski definition) is 6. The monoisotopic (exact) mass is 367 g/mol. The Balaban J connectivity index is 2.14. The summed E-state index contributed by atoms with van der Waals surface area (Å²) >= 11 is 0. The molecule has 0 saturated heterocycles. The summed E-state index contributed by atoms with van der Waals surface area (Å²) in [5, 5.41) is 4.94. The second-order valence-corrected chi connectivity index (χ2v) is 5.69. The number of methoxy groups -OCH3 is 1. The Kier molecular flexibility index (Phi) is 4.66. The van der Waals surface area contributed by atoms with Crippen molar-refractivity contribution >= 4 is 28.5 Å². The Morgan fingerprint density at radius 2 is 2.00 bits per heavy atom. The van der Waals surface area contributed by atoms with Crippen LogP contribution >= 0.6 is 0 Å². The van der Waals surface area contributed by atoms with Crippen molar-refractivity contribution in [3.05, 3.63) is 30.1 Å². The van der Waals surface area contributed by atoms with Crippen LogP contribution < -0.4 is 4.90 Å². The minimum Gasteiger partial charge on any atom is -0.468 e. The molecule has 0 fully saturated rings. The molecule has 2 heterocycles. The third-order valence-electron chi connectivity index (χ3n) is 3.76. The summed E-state index contributed by atoms with van der Waals surface area (Å²) in [6, 6.07) is 7.10. The van der Waals surface area contributed by atoms with Gasteiger partial charge >= 0.3 is 12.1 Å². The number of alkyl halides is 3. The Morgan fingerprint density at radius 3 is 2.69 bits per heavy atom. The number of nitrogens with zero attached hydrogens (tertiary/aromatic N) is 5. The topological polar surface area (TPSA) is 72.6 Å². The number of anilines is 1. The van der Waals surface area contributed by atoms with E-state index in [-0.39, 0.29) is 12.5 Å². The first-order valence-electron chi connectivity index (χ1n) is 7.79. The molecule has 0 unspecified atom stereocenters. The quantitative estimate of drug-likeness (QED) is 0.646. The Labute approximate surface area is 146 Å². The lowest BCUT2D eigenvalue weighted by Crippen LogP contribution is -2.35. The number of rotatable bonds is 5. The fourth-order valence-corrected chi connectivity index (χ4v) is 2.58. The van der Waals surface area contributed by atoms with Gasteiger partial charge in [0.25, 0.3) is 0 Å². The number of benzene rings is 1. The molecule has 0 spiro atoms. The van der Waals surface area contributed by atoms with Crippen molar-refractivity contribution in [1.29, 1.82) is 0 Å². The van der Waals surface area contributed by atoms with E-state index in [1.165, 1.54) is 16.5 Å². The lowest BCUT2D eigenvalue weighted by Gasteiger charge is -2.23. The molecule has 10 heteroatoms. The van der Waals surface area contributed by atoms with Crippen molar-refractivity contribution in [3.8, 4) is 0 Å². The summed E-state index contributed by atoms with van der Waals surface area (Å²) in [7, 11) is 1.17. The Bertz CT molecular complexity index is 954. The third-order valence-corrected chi connectivity index (χ3v) is 3.76. The van der Waals surface area contributed by atoms with Gasteiger partial charge < -0.3 is 9.64 Å². The van der Waals surface area contributed by atoms with Gasteiger partial charge in [0.1, 0.15) is 12.4 Å². The van der Waals surface area contributed by atoms with Gasteiger partial charge in [-0.1, -0.05) is 12.1 Å². The van der Waals surface area contributed by atoms with Crippen molar-refractivity contribution in [1.82, 2.24) is 19.6 Å². The van der Waals surface area contributed by atoms with Crippen LogP contribution in [-0.4, -0.2) is 51.9 Å². The van der Waals surface area contributed by atoms with E-state index >= 15 is 0 Å². The van der Waals surface area contributed by atoms with Gasteiger partial charge in [-0.05, 0) is 19.1 Å². The molecule has 1 aromatic carbocycles. The molecule has 0 aliphatic heterocycles. The number of esters is 1. The average Bonchev–Trinajstić information content (AvgIpc) is 2.98. The molecule has 0 aliphatic rings. The zero-order valence-electron chi connectivity index (χ0n) is 14.1. The first-order valence-corrected chi connectivity index (χ1v) is 7.79. The summed E-state index contributed by atoms with van der Waals surface area (Å²) < 4.78 is 44.1. The zero-order chi connectivity index (χ0) is 18.9. The summed E-state index contributed by atoms with van der Waals surface area (Å²) in [6.45, 7) is 0.829. The van der Waals surface area contributed by atoms with Crippen LogP contribution in [-0.2, 0) is 9.53 Å². The summed E-state index contributed by atoms with van der Waals surface area (Å²) in [4.78, 5) is 21.7. The van der Waals surface area contributed by atoms with Gasteiger partial charge in [0, 0.05) is 11.9 Å². The standard InChI is InChI=1S/C16H16F3N5O2/c1-10-20-14-11-5-3-4-6-12(11)21-15(24(14)22-10)23(9-13(25)26-2)8-7-16(17,18)19/h3-6H,7-9H2,1-2H3. The van der Waals surface area contributed by atoms with Gasteiger partial charge in [-0.2, -0.15) is 17.7 Å². The van der Waals surface area contributed by atoms with Gasteiger partial charge in [0.15, 0.2) is 5.65 Å². The van der Waals surface area contributed by atoms with Crippen LogP contribution in [0.2, 0.25) is 0 Å². The molecule has 0 radical (unpaired) electrons. The number of aryl methyl sites for hydroxylation is 1. The fourth-order valence-electron chi connectivity index (χ4n) is 2.58. The Morgan fingerprint density at radius 1 is 1.27 bits per heavy atom. The Hall–Kier alpha value is -2.91. The van der Waals surface area contributed by atoms with E-state index < -0.39 is 25.1 Å². The molecule has 3 aromatic rings. The number of aromatic nitrogens is 4. The molecular formula is C16H16F3N5O2. The highest BCUT2D eigenvalue weighted by molar-refractivity contribution is 5.92. The minimum atomic E-state index is -4.37. The molecule has 7 nitrogen and oxygen atoms in total. The lowest BCUT2D eigenvalue weighted by molar-refractivity contribution is -0.140. The average molecular weight is 367 g/mol. The number of ether oxygens (including phenoxy) is 1. The SMILES string of the molecule is COC(=O)CN(CCC(F)(F)F)c1nc2ccccc2c2nc(C)nn12. The third kappa shape index (κ3) is 3.68. The molecule has 0 N–H and O–H groups in total. The molecular weight excluding hydrogens is 351 g/mol. The van der Waals surface area contributed by atoms with Crippen LogP contribution in [0.5, 0.6) is 0 Å². The van der Waals surface area contributed by atoms with Crippen LogP contribution in [0.15, 0.2) is 24.3 Å². The van der Waals surface area contributed by atoms with Gasteiger partial charge in [-0.3, -0.25) is 4.79 Å². The second-order valence-electron chi connectivity index (χ2n) is 5.69. The van der Waals surface area contributed by atoms with Crippen LogP contribution in [0.4, 0.5) is 19.1 Å². The van der Waals surface area contributed by atoms with Gasteiger partial charge in [-0.15, -0.1) is 5.10 Å². The summed E-state index contributed by atoms with van der Waals surface area (Å²) in [5.41, 5.74) is 1.01. The second kappa shape index (κ2) is 6.77. The van der Waals surface area contributed by atoms with Crippen LogP contribution in [0.1, 0.15) is 12.2 Å². The number of halogens is 3. The van der Waals surface area contributed by atoms with E-state index in [4.69, 9.17) is 0 Å². The maximum absolute atomic E-state index is 12.7. The molecule has 26 heavy (non-hydrogen) atoms. The van der Waals surface area contributed by atoms with Crippen LogP contribution in [0.25, 0.3) is 16.6 Å². The van der Waals surface area contributed by atoms with E-state index in [0.29, 0.717) is 22.4 Å². The first-order chi connectivity index (χ1) is 12.3. The molecule has 2 aromatic heterocycles. The summed E-state index contributed by atoms with van der Waals surface area (Å²) in [5.74, 6) is -0.126. The molecule has 0 bridgehead atoms. The minimum absolute atomic E-state index is 0.106. The number of carbonyl (C=O) groups is 1. The van der Waals surface area contributed by atoms with Crippen molar-refractivity contribution in [3.63, 3.8) is 0 Å². The number of carbonyl (C=O) groups excluding carboxylic acids is 1. The largest absolute Gasteiger partial charge is 0.468 e. The molecule has 138 valence electrons. The zero-order valence-corrected chi connectivity index (χ0v) is 14.1. The highest BCUT2D eigenvalue weighted by atomic mass is 19.4. The fraction of sp³-hybridized carbons (Fsp3) is 0.375. The normalized spacial score (nSPS) is 11.9. The number of para-hydroxylation sites is 1. The van der Waals surface area contributed by atoms with E-state index in [2.05, 4.69) is 19.8 Å². The predicted molar refractivity (Wildman–Crippen MR) is 87.9 cm³/mol. The van der Waals surface area contributed by atoms with Gasteiger partial charge in [-0.25, -0.2) is 9.97 Å². The maximum Gasteiger partial charge on any atom is 0.390 e. The van der Waals surface area contributed by atoms with Gasteiger partial charge in [0.2, 0.25) is 5.95 Å². The molecule has 0 amide bonds. The highest BCUT2D eigenvalue weighted by Crippen LogP contribution is 2.25. The van der Waals surface area contributed by atoms with Crippen LogP contribution in [0, 0.1) is 6.92 Å². The first kappa shape index (κ1) is 17.9. The molecule has 3 rings (SSSR count). The van der Waals surface area contributed by atoms with Crippen LogP contribution in [0.3, 0.4) is 0 Å². The highest BCUT2D eigenvalue weighted by Gasteiger charge is 2.30. The van der Waals surface area contributed by atoms with Crippen molar-refractivity contribution in [2.24, 2.45) is 0 Å². The number of hydrogen-bond donors (Lipinski definition) is 0. The van der Waals surface area contributed by atoms with Crippen molar-refractivity contribution in [2.45, 2.75) is 19.5 Å².